The molecule has 1 fully saturated rings. The zero-order valence-corrected chi connectivity index (χ0v) is 14.9. The lowest BCUT2D eigenvalue weighted by atomic mass is 10.1. The van der Waals surface area contributed by atoms with E-state index in [1.807, 2.05) is 30.3 Å². The molecule has 25 heavy (non-hydrogen) atoms. The highest BCUT2D eigenvalue weighted by Crippen LogP contribution is 2.18. The molecule has 2 amide bonds. The Morgan fingerprint density at radius 2 is 1.92 bits per heavy atom. The van der Waals surface area contributed by atoms with Crippen molar-refractivity contribution in [1.82, 2.24) is 10.2 Å². The summed E-state index contributed by atoms with van der Waals surface area (Å²) in [7, 11) is 0. The van der Waals surface area contributed by atoms with Gasteiger partial charge in [-0.3, -0.25) is 0 Å². The van der Waals surface area contributed by atoms with Crippen molar-refractivity contribution in [2.75, 3.05) is 19.6 Å². The van der Waals surface area contributed by atoms with Gasteiger partial charge in [0.25, 0.3) is 0 Å². The molecular formula is C18H26N2O5. The Hall–Kier alpha value is -2.28. The van der Waals surface area contributed by atoms with Crippen LogP contribution < -0.4 is 5.32 Å². The second-order valence-corrected chi connectivity index (χ2v) is 7.16. The third kappa shape index (κ3) is 6.26. The Kier molecular flexibility index (Phi) is 6.25. The average Bonchev–Trinajstić information content (AvgIpc) is 2.91. The van der Waals surface area contributed by atoms with Gasteiger partial charge in [0.05, 0.1) is 12.6 Å². The van der Waals surface area contributed by atoms with E-state index in [4.69, 9.17) is 9.47 Å². The Morgan fingerprint density at radius 1 is 1.24 bits per heavy atom. The van der Waals surface area contributed by atoms with E-state index < -0.39 is 23.9 Å². The van der Waals surface area contributed by atoms with Crippen molar-refractivity contribution in [3.63, 3.8) is 0 Å². The zero-order chi connectivity index (χ0) is 18.4. The van der Waals surface area contributed by atoms with Gasteiger partial charge in [-0.05, 0) is 26.3 Å². The predicted octanol–water partition coefficient (Wildman–Crippen LogP) is 2.14. The minimum absolute atomic E-state index is 0.188. The van der Waals surface area contributed by atoms with Gasteiger partial charge in [0, 0.05) is 19.0 Å². The normalized spacial score (nSPS) is 20.2. The van der Waals surface area contributed by atoms with Crippen molar-refractivity contribution < 1.29 is 24.2 Å². The molecule has 1 heterocycles. The lowest BCUT2D eigenvalue weighted by Gasteiger charge is -2.21. The molecular weight excluding hydrogens is 324 g/mol. The van der Waals surface area contributed by atoms with E-state index in [0.29, 0.717) is 6.54 Å². The summed E-state index contributed by atoms with van der Waals surface area (Å²) in [6.07, 6.45) is -1.72. The summed E-state index contributed by atoms with van der Waals surface area (Å²) in [5, 5.41) is 12.7. The SMILES string of the molecule is CC(C)(C)OC(=O)NCC1CN(C(=O)OCc2ccccc2)CC1O. The number of β-amino-alcohol motifs (C(OH)–C–C–N with tert-alkyl or cyclic N) is 1. The highest BCUT2D eigenvalue weighted by molar-refractivity contribution is 5.69. The van der Waals surface area contributed by atoms with Crippen LogP contribution in [-0.2, 0) is 16.1 Å². The van der Waals surface area contributed by atoms with E-state index in [1.54, 1.807) is 20.8 Å². The molecule has 7 nitrogen and oxygen atoms in total. The standard InChI is InChI=1S/C18H26N2O5/c1-18(2,3)25-16(22)19-9-14-10-20(11-15(14)21)17(23)24-12-13-7-5-4-6-8-13/h4-8,14-15,21H,9-12H2,1-3H3,(H,19,22). The third-order valence-electron chi connectivity index (χ3n) is 3.78. The predicted molar refractivity (Wildman–Crippen MR) is 91.9 cm³/mol. The second-order valence-electron chi connectivity index (χ2n) is 7.16. The monoisotopic (exact) mass is 350 g/mol. The minimum Gasteiger partial charge on any atom is -0.445 e. The Morgan fingerprint density at radius 3 is 2.56 bits per heavy atom. The van der Waals surface area contributed by atoms with Crippen LogP contribution in [0.25, 0.3) is 0 Å². The van der Waals surface area contributed by atoms with Crippen LogP contribution in [0.1, 0.15) is 26.3 Å². The Balaban J connectivity index is 1.76. The van der Waals surface area contributed by atoms with Gasteiger partial charge >= 0.3 is 12.2 Å². The van der Waals surface area contributed by atoms with Crippen molar-refractivity contribution in [2.45, 2.75) is 39.1 Å². The van der Waals surface area contributed by atoms with Gasteiger partial charge in [-0.2, -0.15) is 0 Å². The summed E-state index contributed by atoms with van der Waals surface area (Å²) in [6, 6.07) is 9.39. The van der Waals surface area contributed by atoms with Crippen molar-refractivity contribution in [2.24, 2.45) is 5.92 Å². The van der Waals surface area contributed by atoms with Crippen LogP contribution in [0.4, 0.5) is 9.59 Å². The Bertz CT molecular complexity index is 585. The number of carbonyl (C=O) groups excluding carboxylic acids is 2. The number of aliphatic hydroxyl groups is 1. The van der Waals surface area contributed by atoms with Crippen LogP contribution in [0.15, 0.2) is 30.3 Å². The molecule has 0 bridgehead atoms. The number of rotatable bonds is 4. The van der Waals surface area contributed by atoms with Gasteiger partial charge in [0.1, 0.15) is 12.2 Å². The molecule has 2 atom stereocenters. The summed E-state index contributed by atoms with van der Waals surface area (Å²) < 4.78 is 10.4. The number of alkyl carbamates (subject to hydrolysis) is 1. The van der Waals surface area contributed by atoms with Crippen LogP contribution in [0.5, 0.6) is 0 Å². The fourth-order valence-corrected chi connectivity index (χ4v) is 2.54. The average molecular weight is 350 g/mol. The first-order valence-electron chi connectivity index (χ1n) is 8.35. The largest absolute Gasteiger partial charge is 0.445 e. The fraction of sp³-hybridized carbons (Fsp3) is 0.556. The number of amides is 2. The molecule has 0 aromatic heterocycles. The number of carbonyl (C=O) groups is 2. The van der Waals surface area contributed by atoms with E-state index in [1.165, 1.54) is 4.90 Å². The van der Waals surface area contributed by atoms with Gasteiger partial charge in [0.15, 0.2) is 0 Å². The van der Waals surface area contributed by atoms with Crippen LogP contribution in [-0.4, -0.2) is 53.5 Å². The van der Waals surface area contributed by atoms with Crippen molar-refractivity contribution >= 4 is 12.2 Å². The molecule has 2 N–H and O–H groups in total. The van der Waals surface area contributed by atoms with Gasteiger partial charge in [-0.15, -0.1) is 0 Å². The van der Waals surface area contributed by atoms with Gasteiger partial charge in [-0.1, -0.05) is 30.3 Å². The quantitative estimate of drug-likeness (QED) is 0.869. The number of hydrogen-bond donors (Lipinski definition) is 2. The molecule has 1 aliphatic rings. The van der Waals surface area contributed by atoms with Crippen LogP contribution in [0, 0.1) is 5.92 Å². The first-order chi connectivity index (χ1) is 11.7. The molecule has 1 aliphatic heterocycles. The lowest BCUT2D eigenvalue weighted by Crippen LogP contribution is -2.38. The molecule has 2 rings (SSSR count). The fourth-order valence-electron chi connectivity index (χ4n) is 2.54. The molecule has 1 aromatic rings. The number of benzene rings is 1. The Labute approximate surface area is 147 Å². The first kappa shape index (κ1) is 19.1. The van der Waals surface area contributed by atoms with Gasteiger partial charge < -0.3 is 24.8 Å². The summed E-state index contributed by atoms with van der Waals surface area (Å²) in [5.41, 5.74) is 0.324. The van der Waals surface area contributed by atoms with Crippen LogP contribution >= 0.6 is 0 Å². The number of hydrogen-bond acceptors (Lipinski definition) is 5. The third-order valence-corrected chi connectivity index (χ3v) is 3.78. The number of ether oxygens (including phenoxy) is 2. The molecule has 2 unspecified atom stereocenters. The van der Waals surface area contributed by atoms with E-state index in [9.17, 15) is 14.7 Å². The van der Waals surface area contributed by atoms with Crippen molar-refractivity contribution in [1.29, 1.82) is 0 Å². The van der Waals surface area contributed by atoms with Crippen molar-refractivity contribution in [3.05, 3.63) is 35.9 Å². The van der Waals surface area contributed by atoms with Gasteiger partial charge in [0.2, 0.25) is 0 Å². The smallest absolute Gasteiger partial charge is 0.410 e. The summed E-state index contributed by atoms with van der Waals surface area (Å²) >= 11 is 0. The maximum Gasteiger partial charge on any atom is 0.410 e. The van der Waals surface area contributed by atoms with Gasteiger partial charge in [-0.25, -0.2) is 9.59 Å². The van der Waals surface area contributed by atoms with E-state index in [2.05, 4.69) is 5.32 Å². The van der Waals surface area contributed by atoms with Crippen LogP contribution in [0.2, 0.25) is 0 Å². The highest BCUT2D eigenvalue weighted by Gasteiger charge is 2.35. The summed E-state index contributed by atoms with van der Waals surface area (Å²) in [5.74, 6) is -0.253. The molecule has 1 saturated heterocycles. The molecule has 7 heteroatoms. The summed E-state index contributed by atoms with van der Waals surface area (Å²) in [6.45, 7) is 6.27. The maximum absolute atomic E-state index is 12.1. The van der Waals surface area contributed by atoms with E-state index in [0.717, 1.165) is 5.56 Å². The summed E-state index contributed by atoms with van der Waals surface area (Å²) in [4.78, 5) is 25.2. The number of likely N-dealkylation sites (tertiary alicyclic amines) is 1. The minimum atomic E-state index is -0.709. The molecule has 1 aromatic carbocycles. The molecule has 0 radical (unpaired) electrons. The number of nitrogens with zero attached hydrogens (tertiary/aromatic N) is 1. The molecule has 0 aliphatic carbocycles. The number of nitrogens with one attached hydrogen (secondary N) is 1. The lowest BCUT2D eigenvalue weighted by molar-refractivity contribution is 0.0505. The maximum atomic E-state index is 12.1. The zero-order valence-electron chi connectivity index (χ0n) is 14.9. The van der Waals surface area contributed by atoms with E-state index in [-0.39, 0.29) is 25.6 Å². The van der Waals surface area contributed by atoms with Crippen LogP contribution in [0.3, 0.4) is 0 Å². The molecule has 0 spiro atoms. The van der Waals surface area contributed by atoms with Crippen molar-refractivity contribution in [3.8, 4) is 0 Å². The molecule has 138 valence electrons. The number of aliphatic hydroxyl groups excluding tert-OH is 1. The molecule has 0 saturated carbocycles. The highest BCUT2D eigenvalue weighted by atomic mass is 16.6. The first-order valence-corrected chi connectivity index (χ1v) is 8.35. The van der Waals surface area contributed by atoms with E-state index >= 15 is 0 Å². The second kappa shape index (κ2) is 8.20. The topological polar surface area (TPSA) is 88.1 Å².